The number of methoxy groups -OCH3 is 1. The summed E-state index contributed by atoms with van der Waals surface area (Å²) in [6.07, 6.45) is 5.87. The smallest absolute Gasteiger partial charge is 0.191 e. The zero-order chi connectivity index (χ0) is 16.5. The number of nitrogens with one attached hydrogen (secondary N) is 2. The Morgan fingerprint density at radius 3 is 2.50 bits per heavy atom. The van der Waals surface area contributed by atoms with E-state index >= 15 is 0 Å². The predicted octanol–water partition coefficient (Wildman–Crippen LogP) is 2.81. The SMILES string of the molecule is CCNC(=NCCCCC(C)C)NCCCCOCCOC. The van der Waals surface area contributed by atoms with Crippen molar-refractivity contribution in [3.8, 4) is 0 Å². The van der Waals surface area contributed by atoms with Crippen molar-refractivity contribution >= 4 is 5.96 Å². The Hall–Kier alpha value is -0.810. The van der Waals surface area contributed by atoms with E-state index in [1.807, 2.05) is 0 Å². The van der Waals surface area contributed by atoms with Crippen LogP contribution in [-0.4, -0.2) is 52.5 Å². The van der Waals surface area contributed by atoms with E-state index < -0.39 is 0 Å². The van der Waals surface area contributed by atoms with Gasteiger partial charge in [-0.05, 0) is 32.1 Å². The summed E-state index contributed by atoms with van der Waals surface area (Å²) >= 11 is 0. The molecule has 132 valence electrons. The lowest BCUT2D eigenvalue weighted by Crippen LogP contribution is -2.37. The average molecular weight is 316 g/mol. The van der Waals surface area contributed by atoms with E-state index in [-0.39, 0.29) is 0 Å². The molecule has 0 saturated heterocycles. The molecule has 0 rings (SSSR count). The Morgan fingerprint density at radius 2 is 1.82 bits per heavy atom. The first-order valence-electron chi connectivity index (χ1n) is 8.79. The van der Waals surface area contributed by atoms with Gasteiger partial charge in [0, 0.05) is 33.4 Å². The first-order chi connectivity index (χ1) is 10.7. The Labute approximate surface area is 137 Å². The van der Waals surface area contributed by atoms with Gasteiger partial charge in [-0.25, -0.2) is 0 Å². The highest BCUT2D eigenvalue weighted by Gasteiger charge is 1.98. The molecule has 0 aliphatic heterocycles. The fraction of sp³-hybridized carbons (Fsp3) is 0.941. The van der Waals surface area contributed by atoms with Gasteiger partial charge in [0.1, 0.15) is 0 Å². The number of aliphatic imine (C=N–C) groups is 1. The number of nitrogens with zero attached hydrogens (tertiary/aromatic N) is 1. The molecule has 5 nitrogen and oxygen atoms in total. The van der Waals surface area contributed by atoms with Gasteiger partial charge in [0.05, 0.1) is 13.2 Å². The molecule has 0 amide bonds. The molecule has 0 aliphatic rings. The first kappa shape index (κ1) is 21.2. The summed E-state index contributed by atoms with van der Waals surface area (Å²) in [6.45, 7) is 11.5. The fourth-order valence-corrected chi connectivity index (χ4v) is 1.98. The van der Waals surface area contributed by atoms with Crippen molar-refractivity contribution in [2.75, 3.05) is 46.6 Å². The van der Waals surface area contributed by atoms with Crippen molar-refractivity contribution in [1.29, 1.82) is 0 Å². The van der Waals surface area contributed by atoms with Crippen molar-refractivity contribution in [3.05, 3.63) is 0 Å². The van der Waals surface area contributed by atoms with Crippen molar-refractivity contribution < 1.29 is 9.47 Å². The largest absolute Gasteiger partial charge is 0.382 e. The van der Waals surface area contributed by atoms with Crippen LogP contribution >= 0.6 is 0 Å². The maximum absolute atomic E-state index is 5.44. The molecular weight excluding hydrogens is 278 g/mol. The molecule has 0 aromatic carbocycles. The van der Waals surface area contributed by atoms with Gasteiger partial charge >= 0.3 is 0 Å². The number of guanidine groups is 1. The molecule has 0 spiro atoms. The number of ether oxygens (including phenoxy) is 2. The number of unbranched alkanes of at least 4 members (excludes halogenated alkanes) is 2. The lowest BCUT2D eigenvalue weighted by Gasteiger charge is -2.11. The van der Waals surface area contributed by atoms with Gasteiger partial charge < -0.3 is 20.1 Å². The van der Waals surface area contributed by atoms with E-state index in [2.05, 4.69) is 36.4 Å². The highest BCUT2D eigenvalue weighted by molar-refractivity contribution is 5.79. The summed E-state index contributed by atoms with van der Waals surface area (Å²) in [5.74, 6) is 1.73. The minimum absolute atomic E-state index is 0.673. The summed E-state index contributed by atoms with van der Waals surface area (Å²) < 4.78 is 10.4. The van der Waals surface area contributed by atoms with Gasteiger partial charge in [0.15, 0.2) is 5.96 Å². The molecule has 0 fully saturated rings. The van der Waals surface area contributed by atoms with Gasteiger partial charge in [-0.1, -0.05) is 26.7 Å². The molecule has 22 heavy (non-hydrogen) atoms. The monoisotopic (exact) mass is 315 g/mol. The van der Waals surface area contributed by atoms with Crippen LogP contribution in [0, 0.1) is 5.92 Å². The Balaban J connectivity index is 3.62. The van der Waals surface area contributed by atoms with Crippen LogP contribution in [0.4, 0.5) is 0 Å². The maximum atomic E-state index is 5.44. The summed E-state index contributed by atoms with van der Waals surface area (Å²) in [5, 5.41) is 6.67. The van der Waals surface area contributed by atoms with E-state index in [1.165, 1.54) is 19.3 Å². The normalized spacial score (nSPS) is 12.0. The second kappa shape index (κ2) is 16.6. The van der Waals surface area contributed by atoms with Gasteiger partial charge in [-0.2, -0.15) is 0 Å². The molecule has 0 heterocycles. The summed E-state index contributed by atoms with van der Waals surface area (Å²) in [7, 11) is 1.69. The van der Waals surface area contributed by atoms with Crippen molar-refractivity contribution in [3.63, 3.8) is 0 Å². The van der Waals surface area contributed by atoms with Crippen molar-refractivity contribution in [2.45, 2.75) is 52.9 Å². The number of hydrogen-bond acceptors (Lipinski definition) is 3. The van der Waals surface area contributed by atoms with Gasteiger partial charge in [0.25, 0.3) is 0 Å². The van der Waals surface area contributed by atoms with E-state index in [0.717, 1.165) is 51.0 Å². The second-order valence-corrected chi connectivity index (χ2v) is 5.89. The highest BCUT2D eigenvalue weighted by Crippen LogP contribution is 2.05. The zero-order valence-electron chi connectivity index (χ0n) is 15.1. The number of rotatable bonds is 14. The summed E-state index contributed by atoms with van der Waals surface area (Å²) in [5.41, 5.74) is 0. The molecule has 0 aromatic rings. The van der Waals surface area contributed by atoms with Gasteiger partial charge in [-0.3, -0.25) is 4.99 Å². The third kappa shape index (κ3) is 15.6. The summed E-state index contributed by atoms with van der Waals surface area (Å²) in [4.78, 5) is 4.62. The van der Waals surface area contributed by atoms with E-state index in [0.29, 0.717) is 13.2 Å². The quantitative estimate of drug-likeness (QED) is 0.294. The maximum Gasteiger partial charge on any atom is 0.191 e. The molecule has 0 radical (unpaired) electrons. The van der Waals surface area contributed by atoms with E-state index in [1.54, 1.807) is 7.11 Å². The van der Waals surface area contributed by atoms with Crippen molar-refractivity contribution in [1.82, 2.24) is 10.6 Å². The molecule has 0 aliphatic carbocycles. The molecule has 0 saturated carbocycles. The van der Waals surface area contributed by atoms with E-state index in [9.17, 15) is 0 Å². The highest BCUT2D eigenvalue weighted by atomic mass is 16.5. The van der Waals surface area contributed by atoms with Gasteiger partial charge in [0.2, 0.25) is 0 Å². The lowest BCUT2D eigenvalue weighted by molar-refractivity contribution is 0.0689. The first-order valence-corrected chi connectivity index (χ1v) is 8.79. The predicted molar refractivity (Wildman–Crippen MR) is 94.6 cm³/mol. The van der Waals surface area contributed by atoms with Crippen molar-refractivity contribution in [2.24, 2.45) is 10.9 Å². The van der Waals surface area contributed by atoms with Crippen LogP contribution in [0.5, 0.6) is 0 Å². The average Bonchev–Trinajstić information content (AvgIpc) is 2.49. The Kier molecular flexibility index (Phi) is 15.9. The van der Waals surface area contributed by atoms with Crippen LogP contribution < -0.4 is 10.6 Å². The molecule has 0 atom stereocenters. The molecule has 0 unspecified atom stereocenters. The van der Waals surface area contributed by atoms with Crippen LogP contribution in [0.2, 0.25) is 0 Å². The molecule has 5 heteroatoms. The third-order valence-corrected chi connectivity index (χ3v) is 3.24. The molecule has 0 bridgehead atoms. The van der Waals surface area contributed by atoms with Crippen LogP contribution in [0.15, 0.2) is 4.99 Å². The molecular formula is C17H37N3O2. The molecule has 0 aromatic heterocycles. The van der Waals surface area contributed by atoms with Crippen LogP contribution in [0.3, 0.4) is 0 Å². The minimum atomic E-state index is 0.673. The second-order valence-electron chi connectivity index (χ2n) is 5.89. The fourth-order valence-electron chi connectivity index (χ4n) is 1.98. The zero-order valence-corrected chi connectivity index (χ0v) is 15.1. The molecule has 2 N–H and O–H groups in total. The summed E-state index contributed by atoms with van der Waals surface area (Å²) in [6, 6.07) is 0. The third-order valence-electron chi connectivity index (χ3n) is 3.24. The minimum Gasteiger partial charge on any atom is -0.382 e. The Morgan fingerprint density at radius 1 is 1.00 bits per heavy atom. The van der Waals surface area contributed by atoms with Crippen LogP contribution in [0.25, 0.3) is 0 Å². The lowest BCUT2D eigenvalue weighted by atomic mass is 10.1. The van der Waals surface area contributed by atoms with E-state index in [4.69, 9.17) is 9.47 Å². The topological polar surface area (TPSA) is 54.9 Å². The Bertz CT molecular complexity index is 258. The number of hydrogen-bond donors (Lipinski definition) is 2. The van der Waals surface area contributed by atoms with Crippen LogP contribution in [0.1, 0.15) is 52.9 Å². The van der Waals surface area contributed by atoms with Crippen LogP contribution in [-0.2, 0) is 9.47 Å². The standard InChI is InChI=1S/C17H37N3O2/c1-5-18-17(19-11-7-6-10-16(2)3)20-12-8-9-13-22-15-14-21-4/h16H,5-15H2,1-4H3,(H2,18,19,20). The van der Waals surface area contributed by atoms with Gasteiger partial charge in [-0.15, -0.1) is 0 Å².